The van der Waals surface area contributed by atoms with Gasteiger partial charge in [-0.2, -0.15) is 0 Å². The molecule has 2 heteroatoms. The molecule has 0 fully saturated rings. The molecule has 0 aromatic rings. The van der Waals surface area contributed by atoms with Crippen LogP contribution in [0.25, 0.3) is 0 Å². The highest BCUT2D eigenvalue weighted by Crippen LogP contribution is 2.29. The van der Waals surface area contributed by atoms with Crippen LogP contribution >= 0.6 is 0 Å². The number of carboxylic acid groups (broad SMARTS) is 1. The fourth-order valence-corrected chi connectivity index (χ4v) is 3.46. The van der Waals surface area contributed by atoms with Crippen LogP contribution in [-0.4, -0.2) is 11.1 Å². The zero-order valence-electron chi connectivity index (χ0n) is 15.4. The van der Waals surface area contributed by atoms with Crippen LogP contribution in [0.15, 0.2) is 0 Å². The summed E-state index contributed by atoms with van der Waals surface area (Å²) in [7, 11) is 0. The first kappa shape index (κ1) is 21.5. The third-order valence-corrected chi connectivity index (χ3v) is 4.84. The Morgan fingerprint density at radius 1 is 0.682 bits per heavy atom. The number of hydrogen-bond donors (Lipinski definition) is 1. The van der Waals surface area contributed by atoms with E-state index in [1.54, 1.807) is 0 Å². The van der Waals surface area contributed by atoms with Crippen molar-refractivity contribution < 1.29 is 9.90 Å². The van der Waals surface area contributed by atoms with Crippen molar-refractivity contribution in [1.82, 2.24) is 0 Å². The van der Waals surface area contributed by atoms with Crippen LogP contribution in [0.2, 0.25) is 0 Å². The smallest absolute Gasteiger partial charge is 0.306 e. The molecule has 2 nitrogen and oxygen atoms in total. The van der Waals surface area contributed by atoms with Gasteiger partial charge in [-0.1, -0.05) is 91.4 Å². The highest BCUT2D eigenvalue weighted by molar-refractivity contribution is 5.70. The molecule has 2 atom stereocenters. The Hall–Kier alpha value is -0.530. The molecule has 132 valence electrons. The van der Waals surface area contributed by atoms with Crippen LogP contribution in [0.5, 0.6) is 0 Å². The first-order chi connectivity index (χ1) is 10.7. The number of hydrogen-bond acceptors (Lipinski definition) is 1. The van der Waals surface area contributed by atoms with E-state index in [9.17, 15) is 9.90 Å². The number of aliphatic carboxylic acids is 1. The minimum atomic E-state index is -0.553. The van der Waals surface area contributed by atoms with Gasteiger partial charge in [-0.15, -0.1) is 0 Å². The van der Waals surface area contributed by atoms with E-state index in [-0.39, 0.29) is 5.92 Å². The summed E-state index contributed by atoms with van der Waals surface area (Å²) in [4.78, 5) is 11.7. The molecule has 0 aliphatic rings. The lowest BCUT2D eigenvalue weighted by atomic mass is 9.81. The van der Waals surface area contributed by atoms with Crippen molar-refractivity contribution in [2.75, 3.05) is 0 Å². The molecule has 0 heterocycles. The second kappa shape index (κ2) is 15.4. The number of carbonyl (C=O) groups is 1. The Labute approximate surface area is 139 Å². The van der Waals surface area contributed by atoms with Crippen LogP contribution in [0.3, 0.4) is 0 Å². The minimum Gasteiger partial charge on any atom is -0.481 e. The topological polar surface area (TPSA) is 37.3 Å². The second-order valence-electron chi connectivity index (χ2n) is 6.90. The highest BCUT2D eigenvalue weighted by atomic mass is 16.4. The molecule has 0 saturated heterocycles. The van der Waals surface area contributed by atoms with E-state index in [2.05, 4.69) is 20.8 Å². The van der Waals surface area contributed by atoms with Gasteiger partial charge in [-0.3, -0.25) is 4.79 Å². The molecule has 0 rings (SSSR count). The standard InChI is InChI=1S/C20H40O2/c1-4-7-9-11-12-14-17-19(20(21)22)18(15-6-3)16-13-10-8-5-2/h18-19H,4-17H2,1-3H3,(H,21,22). The van der Waals surface area contributed by atoms with E-state index < -0.39 is 5.97 Å². The molecule has 22 heavy (non-hydrogen) atoms. The highest BCUT2D eigenvalue weighted by Gasteiger charge is 2.26. The van der Waals surface area contributed by atoms with Crippen LogP contribution in [0, 0.1) is 11.8 Å². The minimum absolute atomic E-state index is 0.104. The van der Waals surface area contributed by atoms with E-state index in [1.165, 1.54) is 57.8 Å². The second-order valence-corrected chi connectivity index (χ2v) is 6.90. The van der Waals surface area contributed by atoms with Gasteiger partial charge in [0.2, 0.25) is 0 Å². The number of rotatable bonds is 16. The molecule has 0 spiro atoms. The van der Waals surface area contributed by atoms with Crippen molar-refractivity contribution in [3.63, 3.8) is 0 Å². The summed E-state index contributed by atoms with van der Waals surface area (Å²) in [5.74, 6) is -0.259. The molecule has 2 unspecified atom stereocenters. The molecular formula is C20H40O2. The maximum absolute atomic E-state index is 11.7. The maximum atomic E-state index is 11.7. The molecule has 0 bridgehead atoms. The quantitative estimate of drug-likeness (QED) is 0.317. The van der Waals surface area contributed by atoms with Gasteiger partial charge >= 0.3 is 5.97 Å². The number of unbranched alkanes of at least 4 members (excludes halogenated alkanes) is 8. The molecule has 0 amide bonds. The van der Waals surface area contributed by atoms with Crippen molar-refractivity contribution >= 4 is 5.97 Å². The Morgan fingerprint density at radius 2 is 1.18 bits per heavy atom. The van der Waals surface area contributed by atoms with Gasteiger partial charge in [-0.05, 0) is 25.2 Å². The average molecular weight is 313 g/mol. The van der Waals surface area contributed by atoms with Gasteiger partial charge in [0.1, 0.15) is 0 Å². The Bertz CT molecular complexity index is 250. The Morgan fingerprint density at radius 3 is 1.73 bits per heavy atom. The summed E-state index contributed by atoms with van der Waals surface area (Å²) in [5, 5.41) is 9.61. The molecule has 0 aromatic heterocycles. The predicted molar refractivity (Wildman–Crippen MR) is 96.3 cm³/mol. The van der Waals surface area contributed by atoms with Gasteiger partial charge in [0.05, 0.1) is 5.92 Å². The fourth-order valence-electron chi connectivity index (χ4n) is 3.46. The monoisotopic (exact) mass is 312 g/mol. The Balaban J connectivity index is 4.17. The lowest BCUT2D eigenvalue weighted by Gasteiger charge is -2.24. The average Bonchev–Trinajstić information content (AvgIpc) is 2.50. The summed E-state index contributed by atoms with van der Waals surface area (Å²) in [6.07, 6.45) is 16.7. The number of carboxylic acids is 1. The van der Waals surface area contributed by atoms with Gasteiger partial charge in [0, 0.05) is 0 Å². The lowest BCUT2D eigenvalue weighted by Crippen LogP contribution is -2.24. The van der Waals surface area contributed by atoms with Gasteiger partial charge in [0.15, 0.2) is 0 Å². The van der Waals surface area contributed by atoms with E-state index in [1.807, 2.05) is 0 Å². The molecule has 1 N–H and O–H groups in total. The molecular weight excluding hydrogens is 272 g/mol. The Kier molecular flexibility index (Phi) is 15.0. The normalized spacial score (nSPS) is 14.0. The van der Waals surface area contributed by atoms with Crippen molar-refractivity contribution in [2.45, 2.75) is 111 Å². The summed E-state index contributed by atoms with van der Waals surface area (Å²) < 4.78 is 0. The van der Waals surface area contributed by atoms with Crippen molar-refractivity contribution in [2.24, 2.45) is 11.8 Å². The molecule has 0 aliphatic heterocycles. The van der Waals surface area contributed by atoms with Crippen LogP contribution in [-0.2, 0) is 4.79 Å². The molecule has 0 aliphatic carbocycles. The third kappa shape index (κ3) is 11.1. The van der Waals surface area contributed by atoms with Crippen molar-refractivity contribution in [1.29, 1.82) is 0 Å². The van der Waals surface area contributed by atoms with E-state index in [0.29, 0.717) is 5.92 Å². The van der Waals surface area contributed by atoms with E-state index in [4.69, 9.17) is 0 Å². The van der Waals surface area contributed by atoms with Gasteiger partial charge < -0.3 is 5.11 Å². The SMILES string of the molecule is CCCCCCCCC(C(=O)O)C(CCC)CCCCCC. The summed E-state index contributed by atoms with van der Waals surface area (Å²) in [6, 6.07) is 0. The van der Waals surface area contributed by atoms with Crippen LogP contribution in [0.4, 0.5) is 0 Å². The summed E-state index contributed by atoms with van der Waals surface area (Å²) >= 11 is 0. The predicted octanol–water partition coefficient (Wildman–Crippen LogP) is 6.82. The summed E-state index contributed by atoms with van der Waals surface area (Å²) in [6.45, 7) is 6.64. The zero-order chi connectivity index (χ0) is 16.6. The van der Waals surface area contributed by atoms with Crippen LogP contribution in [0.1, 0.15) is 111 Å². The van der Waals surface area contributed by atoms with E-state index >= 15 is 0 Å². The molecule has 0 aromatic carbocycles. The van der Waals surface area contributed by atoms with Gasteiger partial charge in [-0.25, -0.2) is 0 Å². The maximum Gasteiger partial charge on any atom is 0.306 e. The third-order valence-electron chi connectivity index (χ3n) is 4.84. The van der Waals surface area contributed by atoms with E-state index in [0.717, 1.165) is 32.1 Å². The molecule has 0 saturated carbocycles. The van der Waals surface area contributed by atoms with Gasteiger partial charge in [0.25, 0.3) is 0 Å². The zero-order valence-corrected chi connectivity index (χ0v) is 15.4. The lowest BCUT2D eigenvalue weighted by molar-refractivity contribution is -0.144. The van der Waals surface area contributed by atoms with Crippen LogP contribution < -0.4 is 0 Å². The largest absolute Gasteiger partial charge is 0.481 e. The first-order valence-corrected chi connectivity index (χ1v) is 9.90. The fraction of sp³-hybridized carbons (Fsp3) is 0.950. The summed E-state index contributed by atoms with van der Waals surface area (Å²) in [5.41, 5.74) is 0. The van der Waals surface area contributed by atoms with Crippen molar-refractivity contribution in [3.8, 4) is 0 Å². The first-order valence-electron chi connectivity index (χ1n) is 9.90. The van der Waals surface area contributed by atoms with Crippen molar-refractivity contribution in [3.05, 3.63) is 0 Å². The molecule has 0 radical (unpaired) electrons.